The fraction of sp³-hybridized carbons (Fsp3) is 0.667. The number of hydrogen-bond acceptors (Lipinski definition) is 4. The molecule has 26 heavy (non-hydrogen) atoms. The highest BCUT2D eigenvalue weighted by molar-refractivity contribution is 5.77. The number of amides is 1. The first-order valence-electron chi connectivity index (χ1n) is 10.0. The predicted molar refractivity (Wildman–Crippen MR) is 103 cm³/mol. The van der Waals surface area contributed by atoms with E-state index in [0.29, 0.717) is 6.54 Å². The summed E-state index contributed by atoms with van der Waals surface area (Å²) >= 11 is 0. The van der Waals surface area contributed by atoms with Gasteiger partial charge in [0.1, 0.15) is 5.75 Å². The highest BCUT2D eigenvalue weighted by Crippen LogP contribution is 2.33. The summed E-state index contributed by atoms with van der Waals surface area (Å²) in [5.74, 6) is 0.709. The summed E-state index contributed by atoms with van der Waals surface area (Å²) in [6.07, 6.45) is 7.11. The van der Waals surface area contributed by atoms with Crippen LogP contribution in [0.4, 0.5) is 0 Å². The zero-order chi connectivity index (χ0) is 18.2. The number of ether oxygens (including phenoxy) is 2. The summed E-state index contributed by atoms with van der Waals surface area (Å²) < 4.78 is 11.2. The lowest BCUT2D eigenvalue weighted by Crippen LogP contribution is -2.60. The molecule has 0 atom stereocenters. The van der Waals surface area contributed by atoms with E-state index in [0.717, 1.165) is 51.3 Å². The molecule has 0 unspecified atom stereocenters. The molecule has 2 fully saturated rings. The van der Waals surface area contributed by atoms with Crippen LogP contribution in [0.5, 0.6) is 5.75 Å². The van der Waals surface area contributed by atoms with Gasteiger partial charge >= 0.3 is 0 Å². The zero-order valence-corrected chi connectivity index (χ0v) is 16.0. The molecule has 5 heteroatoms. The molecule has 1 heterocycles. The Labute approximate surface area is 157 Å². The molecule has 1 saturated carbocycles. The van der Waals surface area contributed by atoms with Gasteiger partial charge in [0.15, 0.2) is 6.61 Å². The Morgan fingerprint density at radius 1 is 1.15 bits per heavy atom. The van der Waals surface area contributed by atoms with Crippen molar-refractivity contribution in [2.75, 3.05) is 39.5 Å². The summed E-state index contributed by atoms with van der Waals surface area (Å²) in [6.45, 7) is 6.44. The Kier molecular flexibility index (Phi) is 6.92. The molecule has 1 aromatic rings. The maximum atomic E-state index is 12.3. The number of nitrogens with zero attached hydrogens (tertiary/aromatic N) is 1. The maximum Gasteiger partial charge on any atom is 0.258 e. The lowest BCUT2D eigenvalue weighted by atomic mass is 9.79. The van der Waals surface area contributed by atoms with Crippen LogP contribution in [0, 0.1) is 0 Å². The highest BCUT2D eigenvalue weighted by atomic mass is 16.5. The van der Waals surface area contributed by atoms with Gasteiger partial charge in [0.25, 0.3) is 5.91 Å². The van der Waals surface area contributed by atoms with Crippen molar-refractivity contribution in [3.63, 3.8) is 0 Å². The number of rotatable bonds is 7. The van der Waals surface area contributed by atoms with Crippen LogP contribution in [-0.4, -0.2) is 55.8 Å². The fourth-order valence-corrected chi connectivity index (χ4v) is 4.14. The molecule has 1 aliphatic heterocycles. The van der Waals surface area contributed by atoms with Gasteiger partial charge < -0.3 is 14.8 Å². The summed E-state index contributed by atoms with van der Waals surface area (Å²) in [5.41, 5.74) is 1.37. The molecule has 1 saturated heterocycles. The van der Waals surface area contributed by atoms with E-state index < -0.39 is 0 Å². The number of hydrogen-bond donors (Lipinski definition) is 1. The normalized spacial score (nSPS) is 20.5. The van der Waals surface area contributed by atoms with Crippen LogP contribution < -0.4 is 10.1 Å². The summed E-state index contributed by atoms with van der Waals surface area (Å²) in [7, 11) is 0. The van der Waals surface area contributed by atoms with Crippen LogP contribution in [0.3, 0.4) is 0 Å². The first-order valence-corrected chi connectivity index (χ1v) is 10.0. The Morgan fingerprint density at radius 2 is 1.85 bits per heavy atom. The average molecular weight is 360 g/mol. The van der Waals surface area contributed by atoms with Crippen molar-refractivity contribution >= 4 is 5.91 Å². The van der Waals surface area contributed by atoms with Crippen molar-refractivity contribution in [3.8, 4) is 5.75 Å². The second kappa shape index (κ2) is 9.38. The fourth-order valence-electron chi connectivity index (χ4n) is 4.14. The lowest BCUT2D eigenvalue weighted by molar-refractivity contribution is -0.124. The molecule has 1 aromatic carbocycles. The first-order chi connectivity index (χ1) is 12.7. The van der Waals surface area contributed by atoms with Gasteiger partial charge in [-0.15, -0.1) is 0 Å². The van der Waals surface area contributed by atoms with Gasteiger partial charge in [-0.05, 0) is 37.0 Å². The molecule has 1 N–H and O–H groups in total. The number of nitrogens with one attached hydrogen (secondary N) is 1. The molecule has 0 bridgehead atoms. The minimum absolute atomic E-state index is 0.0391. The minimum Gasteiger partial charge on any atom is -0.484 e. The van der Waals surface area contributed by atoms with E-state index in [2.05, 4.69) is 17.1 Å². The summed E-state index contributed by atoms with van der Waals surface area (Å²) in [5, 5.41) is 3.14. The first kappa shape index (κ1) is 19.2. The van der Waals surface area contributed by atoms with Gasteiger partial charge in [-0.25, -0.2) is 0 Å². The smallest absolute Gasteiger partial charge is 0.258 e. The van der Waals surface area contributed by atoms with Crippen molar-refractivity contribution in [1.29, 1.82) is 0 Å². The van der Waals surface area contributed by atoms with Gasteiger partial charge in [0.2, 0.25) is 0 Å². The number of aryl methyl sites for hydroxylation is 1. The van der Waals surface area contributed by atoms with E-state index in [-0.39, 0.29) is 18.1 Å². The number of benzene rings is 1. The zero-order valence-electron chi connectivity index (χ0n) is 16.0. The molecule has 0 aromatic heterocycles. The lowest BCUT2D eigenvalue weighted by Gasteiger charge is -2.48. The molecular formula is C21H32N2O3. The van der Waals surface area contributed by atoms with Crippen molar-refractivity contribution in [3.05, 3.63) is 29.8 Å². The largest absolute Gasteiger partial charge is 0.484 e. The van der Waals surface area contributed by atoms with E-state index in [9.17, 15) is 4.79 Å². The minimum atomic E-state index is -0.0391. The van der Waals surface area contributed by atoms with Crippen molar-refractivity contribution in [1.82, 2.24) is 10.2 Å². The van der Waals surface area contributed by atoms with Crippen LogP contribution in [0.15, 0.2) is 24.3 Å². The third-order valence-electron chi connectivity index (χ3n) is 5.78. The van der Waals surface area contributed by atoms with Crippen LogP contribution in [0.2, 0.25) is 0 Å². The van der Waals surface area contributed by atoms with Crippen molar-refractivity contribution < 1.29 is 14.3 Å². The van der Waals surface area contributed by atoms with Gasteiger partial charge in [0.05, 0.1) is 13.2 Å². The molecule has 3 rings (SSSR count). The Hall–Kier alpha value is -1.59. The Morgan fingerprint density at radius 3 is 2.50 bits per heavy atom. The number of morpholine rings is 1. The van der Waals surface area contributed by atoms with Gasteiger partial charge in [0, 0.05) is 25.2 Å². The number of carbonyl (C=O) groups is 1. The quantitative estimate of drug-likeness (QED) is 0.812. The van der Waals surface area contributed by atoms with E-state index >= 15 is 0 Å². The molecule has 5 nitrogen and oxygen atoms in total. The standard InChI is InChI=1S/C21H32N2O3/c1-2-18-6-8-19(9-7-18)26-16-20(24)22-17-21(10-4-3-5-11-21)23-12-14-25-15-13-23/h6-9H,2-5,10-17H2,1H3,(H,22,24). The molecule has 144 valence electrons. The molecule has 2 aliphatic rings. The second-order valence-corrected chi connectivity index (χ2v) is 7.45. The van der Waals surface area contributed by atoms with Gasteiger partial charge in [-0.2, -0.15) is 0 Å². The van der Waals surface area contributed by atoms with Crippen molar-refractivity contribution in [2.45, 2.75) is 51.0 Å². The maximum absolute atomic E-state index is 12.3. The topological polar surface area (TPSA) is 50.8 Å². The van der Waals surface area contributed by atoms with Crippen LogP contribution >= 0.6 is 0 Å². The van der Waals surface area contributed by atoms with E-state index in [4.69, 9.17) is 9.47 Å². The highest BCUT2D eigenvalue weighted by Gasteiger charge is 2.38. The van der Waals surface area contributed by atoms with Crippen LogP contribution in [0.1, 0.15) is 44.6 Å². The molecular weight excluding hydrogens is 328 g/mol. The SMILES string of the molecule is CCc1ccc(OCC(=O)NCC2(N3CCOCC3)CCCCC2)cc1. The van der Waals surface area contributed by atoms with E-state index in [1.54, 1.807) is 0 Å². The van der Waals surface area contributed by atoms with E-state index in [1.807, 2.05) is 24.3 Å². The average Bonchev–Trinajstić information content (AvgIpc) is 2.72. The second-order valence-electron chi connectivity index (χ2n) is 7.45. The third-order valence-corrected chi connectivity index (χ3v) is 5.78. The molecule has 0 radical (unpaired) electrons. The Balaban J connectivity index is 1.50. The van der Waals surface area contributed by atoms with Crippen LogP contribution in [-0.2, 0) is 16.0 Å². The molecule has 0 spiro atoms. The summed E-state index contributed by atoms with van der Waals surface area (Å²) in [6, 6.07) is 7.95. The van der Waals surface area contributed by atoms with Crippen molar-refractivity contribution in [2.24, 2.45) is 0 Å². The van der Waals surface area contributed by atoms with Gasteiger partial charge in [-0.3, -0.25) is 9.69 Å². The summed E-state index contributed by atoms with van der Waals surface area (Å²) in [4.78, 5) is 14.9. The predicted octanol–water partition coefficient (Wildman–Crippen LogP) is 2.78. The van der Waals surface area contributed by atoms with Gasteiger partial charge in [-0.1, -0.05) is 38.3 Å². The molecule has 1 aliphatic carbocycles. The van der Waals surface area contributed by atoms with E-state index in [1.165, 1.54) is 24.8 Å². The Bertz CT molecular complexity index is 561. The molecule has 1 amide bonds. The third kappa shape index (κ3) is 4.98. The number of carbonyl (C=O) groups excluding carboxylic acids is 1. The van der Waals surface area contributed by atoms with Crippen LogP contribution in [0.25, 0.3) is 0 Å². The monoisotopic (exact) mass is 360 g/mol.